The van der Waals surface area contributed by atoms with Crippen molar-refractivity contribution < 1.29 is 9.90 Å². The van der Waals surface area contributed by atoms with Crippen LogP contribution in [0.4, 0.5) is 0 Å². The number of halogens is 1. The van der Waals surface area contributed by atoms with E-state index in [0.717, 1.165) is 5.56 Å². The van der Waals surface area contributed by atoms with Gasteiger partial charge in [-0.05, 0) is 30.7 Å². The van der Waals surface area contributed by atoms with Crippen LogP contribution in [0.5, 0.6) is 0 Å². The number of benzene rings is 1. The van der Waals surface area contributed by atoms with Crippen LogP contribution in [0.2, 0.25) is 5.02 Å². The van der Waals surface area contributed by atoms with Gasteiger partial charge in [0.15, 0.2) is 0 Å². The Labute approximate surface area is 155 Å². The number of hydrogen-bond donors (Lipinski definition) is 3. The number of rotatable bonds is 3. The quantitative estimate of drug-likeness (QED) is 0.658. The van der Waals surface area contributed by atoms with Crippen LogP contribution in [-0.4, -0.2) is 39.6 Å². The van der Waals surface area contributed by atoms with Gasteiger partial charge < -0.3 is 20.1 Å². The fourth-order valence-corrected chi connectivity index (χ4v) is 3.66. The van der Waals surface area contributed by atoms with E-state index in [0.29, 0.717) is 30.2 Å². The van der Waals surface area contributed by atoms with Crippen LogP contribution in [0.15, 0.2) is 54.9 Å². The van der Waals surface area contributed by atoms with E-state index in [1.165, 1.54) is 0 Å². The zero-order chi connectivity index (χ0) is 18.1. The van der Waals surface area contributed by atoms with E-state index in [1.807, 2.05) is 30.3 Å². The fraction of sp³-hybridized carbons (Fsp3) is 0.263. The van der Waals surface area contributed by atoms with Crippen molar-refractivity contribution in [1.82, 2.24) is 20.0 Å². The number of fused-ring (bicyclic) bond motifs is 1. The Bertz CT molecular complexity index is 943. The molecule has 3 aromatic rings. The van der Waals surface area contributed by atoms with E-state index in [4.69, 9.17) is 11.6 Å². The number of nitrogens with zero attached hydrogens (tertiary/aromatic N) is 2. The lowest BCUT2D eigenvalue weighted by Gasteiger charge is -2.42. The molecule has 0 bridgehead atoms. The molecule has 1 fully saturated rings. The summed E-state index contributed by atoms with van der Waals surface area (Å²) < 4.78 is 1.71. The van der Waals surface area contributed by atoms with Crippen molar-refractivity contribution in [3.05, 3.63) is 71.1 Å². The summed E-state index contributed by atoms with van der Waals surface area (Å²) in [5.41, 5.74) is 0.957. The van der Waals surface area contributed by atoms with E-state index >= 15 is 0 Å². The molecule has 4 rings (SSSR count). The molecule has 2 atom stereocenters. The van der Waals surface area contributed by atoms with Crippen LogP contribution in [0, 0.1) is 0 Å². The zero-order valence-electron chi connectivity index (χ0n) is 14.0. The summed E-state index contributed by atoms with van der Waals surface area (Å²) in [6.45, 7) is 1.11. The predicted molar refractivity (Wildman–Crippen MR) is 99.3 cm³/mol. The van der Waals surface area contributed by atoms with Gasteiger partial charge in [0.05, 0.1) is 16.7 Å². The number of nitrogens with one attached hydrogen (secondary N) is 2. The van der Waals surface area contributed by atoms with Crippen LogP contribution < -0.4 is 10.6 Å². The number of aromatic nitrogens is 2. The van der Waals surface area contributed by atoms with Crippen molar-refractivity contribution in [1.29, 1.82) is 0 Å². The fourth-order valence-electron chi connectivity index (χ4n) is 3.50. The molecule has 1 saturated heterocycles. The monoisotopic (exact) mass is 370 g/mol. The molecule has 7 heteroatoms. The summed E-state index contributed by atoms with van der Waals surface area (Å²) in [7, 11) is 0. The van der Waals surface area contributed by atoms with Gasteiger partial charge in [-0.15, -0.1) is 0 Å². The van der Waals surface area contributed by atoms with Crippen molar-refractivity contribution >= 4 is 23.2 Å². The molecule has 3 N–H and O–H groups in total. The Morgan fingerprint density at radius 1 is 1.27 bits per heavy atom. The molecule has 0 aliphatic carbocycles. The first-order valence-corrected chi connectivity index (χ1v) is 8.87. The van der Waals surface area contributed by atoms with Gasteiger partial charge in [-0.3, -0.25) is 4.79 Å². The summed E-state index contributed by atoms with van der Waals surface area (Å²) in [5, 5.41) is 17.5. The zero-order valence-corrected chi connectivity index (χ0v) is 14.8. The second kappa shape index (κ2) is 6.72. The molecular weight excluding hydrogens is 352 g/mol. The number of carbonyl (C=O) groups is 1. The maximum absolute atomic E-state index is 12.9. The average Bonchev–Trinajstić information content (AvgIpc) is 3.08. The van der Waals surface area contributed by atoms with Crippen LogP contribution in [0.25, 0.3) is 5.65 Å². The van der Waals surface area contributed by atoms with Gasteiger partial charge >= 0.3 is 0 Å². The first-order valence-electron chi connectivity index (χ1n) is 8.49. The number of β-amino-alcohol motifs (C(OH)–C–C–N with tert-alkyl or cyclic N) is 1. The number of hydrogen-bond acceptors (Lipinski definition) is 4. The predicted octanol–water partition coefficient (Wildman–Crippen LogP) is 1.97. The lowest BCUT2D eigenvalue weighted by atomic mass is 9.79. The Morgan fingerprint density at radius 2 is 2.08 bits per heavy atom. The molecule has 0 spiro atoms. The molecule has 3 heterocycles. The van der Waals surface area contributed by atoms with Gasteiger partial charge in [-0.1, -0.05) is 41.9 Å². The van der Waals surface area contributed by atoms with Gasteiger partial charge in [0.25, 0.3) is 5.91 Å². The molecule has 134 valence electrons. The highest BCUT2D eigenvalue weighted by atomic mass is 35.5. The Hall–Kier alpha value is -2.41. The third-order valence-electron chi connectivity index (χ3n) is 4.88. The van der Waals surface area contributed by atoms with E-state index in [2.05, 4.69) is 15.6 Å². The van der Waals surface area contributed by atoms with Crippen LogP contribution in [0.3, 0.4) is 0 Å². The van der Waals surface area contributed by atoms with Gasteiger partial charge in [-0.2, -0.15) is 0 Å². The number of aliphatic hydroxyl groups excluding tert-OH is 1. The molecule has 26 heavy (non-hydrogen) atoms. The molecule has 6 nitrogen and oxygen atoms in total. The Balaban J connectivity index is 1.69. The topological polar surface area (TPSA) is 78.7 Å². The molecule has 0 unspecified atom stereocenters. The Morgan fingerprint density at radius 3 is 2.85 bits per heavy atom. The molecule has 1 aromatic carbocycles. The number of piperidine rings is 1. The normalized spacial score (nSPS) is 23.1. The van der Waals surface area contributed by atoms with Crippen molar-refractivity contribution in [2.24, 2.45) is 0 Å². The molecule has 1 aliphatic heterocycles. The first kappa shape index (κ1) is 17.0. The maximum atomic E-state index is 12.9. The van der Waals surface area contributed by atoms with E-state index in [-0.39, 0.29) is 11.6 Å². The van der Waals surface area contributed by atoms with Crippen molar-refractivity contribution in [3.8, 4) is 0 Å². The minimum absolute atomic E-state index is 0.285. The second-order valence-electron chi connectivity index (χ2n) is 6.50. The third kappa shape index (κ3) is 2.96. The van der Waals surface area contributed by atoms with Gasteiger partial charge in [0, 0.05) is 18.9 Å². The standard InChI is InChI=1S/C19H19ClN4O2/c20-14-6-7-17-22-15(12-24(17)11-14)18(26)23-19(8-9-21-10-16(19)25)13-4-2-1-3-5-13/h1-7,11-12,16,21,25H,8-10H2,(H,23,26)/t16-,19+/m1/s1. The summed E-state index contributed by atoms with van der Waals surface area (Å²) >= 11 is 6.00. The van der Waals surface area contributed by atoms with Gasteiger partial charge in [0.1, 0.15) is 11.3 Å². The number of amides is 1. The van der Waals surface area contributed by atoms with E-state index < -0.39 is 11.6 Å². The molecule has 2 aromatic heterocycles. The minimum Gasteiger partial charge on any atom is -0.389 e. The van der Waals surface area contributed by atoms with Crippen LogP contribution >= 0.6 is 11.6 Å². The second-order valence-corrected chi connectivity index (χ2v) is 6.94. The highest BCUT2D eigenvalue weighted by molar-refractivity contribution is 6.30. The highest BCUT2D eigenvalue weighted by Crippen LogP contribution is 2.31. The van der Waals surface area contributed by atoms with Gasteiger partial charge in [-0.25, -0.2) is 4.98 Å². The van der Waals surface area contributed by atoms with E-state index in [9.17, 15) is 9.90 Å². The van der Waals surface area contributed by atoms with Crippen LogP contribution in [-0.2, 0) is 5.54 Å². The average molecular weight is 371 g/mol. The summed E-state index contributed by atoms with van der Waals surface area (Å²) in [6.07, 6.45) is 3.19. The SMILES string of the molecule is O=C(N[C@]1(c2ccccc2)CCNC[C@H]1O)c1cn2cc(Cl)ccc2n1. The molecule has 0 saturated carbocycles. The molecule has 1 amide bonds. The number of pyridine rings is 1. The summed E-state index contributed by atoms with van der Waals surface area (Å²) in [5.74, 6) is -0.324. The maximum Gasteiger partial charge on any atom is 0.272 e. The number of carbonyl (C=O) groups excluding carboxylic acids is 1. The van der Waals surface area contributed by atoms with Gasteiger partial charge in [0.2, 0.25) is 0 Å². The van der Waals surface area contributed by atoms with Crippen molar-refractivity contribution in [3.63, 3.8) is 0 Å². The molecule has 1 aliphatic rings. The summed E-state index contributed by atoms with van der Waals surface area (Å²) in [6, 6.07) is 13.1. The highest BCUT2D eigenvalue weighted by Gasteiger charge is 2.43. The molecular formula is C19H19ClN4O2. The lowest BCUT2D eigenvalue weighted by molar-refractivity contribution is 0.0288. The minimum atomic E-state index is -0.850. The number of aliphatic hydroxyl groups is 1. The van der Waals surface area contributed by atoms with E-state index in [1.54, 1.807) is 28.9 Å². The smallest absolute Gasteiger partial charge is 0.272 e. The van der Waals surface area contributed by atoms with Crippen molar-refractivity contribution in [2.75, 3.05) is 13.1 Å². The number of imidazole rings is 1. The van der Waals surface area contributed by atoms with Crippen molar-refractivity contribution in [2.45, 2.75) is 18.1 Å². The largest absolute Gasteiger partial charge is 0.389 e. The lowest BCUT2D eigenvalue weighted by Crippen LogP contribution is -2.61. The first-order chi connectivity index (χ1) is 12.6. The van der Waals surface area contributed by atoms with Crippen LogP contribution in [0.1, 0.15) is 22.5 Å². The third-order valence-corrected chi connectivity index (χ3v) is 5.10. The summed E-state index contributed by atoms with van der Waals surface area (Å²) in [4.78, 5) is 17.3. The Kier molecular flexibility index (Phi) is 4.40. The molecule has 0 radical (unpaired) electrons.